The van der Waals surface area contributed by atoms with Crippen molar-refractivity contribution in [3.05, 3.63) is 251 Å². The molecule has 2 heterocycles. The lowest BCUT2D eigenvalue weighted by atomic mass is 9.97. The summed E-state index contributed by atoms with van der Waals surface area (Å²) in [5, 5.41) is 12.7. The van der Waals surface area contributed by atoms with Gasteiger partial charge < -0.3 is 52.5 Å². The molecule has 18 heteroatoms. The summed E-state index contributed by atoms with van der Waals surface area (Å²) in [4.78, 5) is 98.0. The Labute approximate surface area is 452 Å². The quantitative estimate of drug-likeness (QED) is 0.0605. The van der Waals surface area contributed by atoms with Crippen LogP contribution in [-0.4, -0.2) is 122 Å². The van der Waals surface area contributed by atoms with Crippen molar-refractivity contribution in [1.82, 2.24) is 0 Å². The smallest absolute Gasteiger partial charge is 0.338 e. The molecule has 9 rings (SSSR count). The molecule has 0 aliphatic carbocycles. The van der Waals surface area contributed by atoms with Crippen LogP contribution in [0.2, 0.25) is 0 Å². The lowest BCUT2D eigenvalue weighted by Crippen LogP contribution is -2.65. The summed E-state index contributed by atoms with van der Waals surface area (Å²) in [6.07, 6.45) is -15.3. The normalized spacial score (nSPS) is 22.2. The average Bonchev–Trinajstić information content (AvgIpc) is 4.08. The van der Waals surface area contributed by atoms with Gasteiger partial charge in [-0.2, -0.15) is 0 Å². The number of carbonyl (C=O) groups excluding carboxylic acids is 7. The van der Waals surface area contributed by atoms with Crippen LogP contribution in [-0.2, 0) is 47.4 Å². The molecule has 7 aromatic rings. The van der Waals surface area contributed by atoms with E-state index in [9.17, 15) is 38.7 Å². The van der Waals surface area contributed by atoms with E-state index >= 15 is 0 Å². The van der Waals surface area contributed by atoms with Gasteiger partial charge in [0.05, 0.1) is 38.9 Å². The molecular formula is C61H50O18. The van der Waals surface area contributed by atoms with Crippen molar-refractivity contribution < 1.29 is 86.0 Å². The second kappa shape index (κ2) is 25.7. The van der Waals surface area contributed by atoms with Crippen molar-refractivity contribution in [3.8, 4) is 0 Å². The number of rotatable bonds is 19. The number of benzene rings is 7. The first-order chi connectivity index (χ1) is 38.5. The SMILES string of the molecule is O=C(OC[C@H]1O[C@@](COC(=O)c2ccccc2)(O[C@H]2O[C@H](COC(=O)c3ccccc3)[C@@H](OC(=O)c3ccccc3)[C@H](OC(=O)c3ccccc3)[C@H]2O)[C@@H](OC(=O)c2ccccc2)[C@@H]1OC(=O)c1ccccc1)c1ccccc1. The topological polar surface area (TPSA) is 232 Å². The number of aliphatic hydroxyl groups excluding tert-OH is 1. The summed E-state index contributed by atoms with van der Waals surface area (Å²) in [7, 11) is 0. The molecule has 7 aromatic carbocycles. The van der Waals surface area contributed by atoms with Gasteiger partial charge in [0.2, 0.25) is 5.79 Å². The van der Waals surface area contributed by atoms with Crippen LogP contribution in [0.1, 0.15) is 72.5 Å². The van der Waals surface area contributed by atoms with Crippen LogP contribution in [0.3, 0.4) is 0 Å². The van der Waals surface area contributed by atoms with Gasteiger partial charge in [-0.3, -0.25) is 0 Å². The van der Waals surface area contributed by atoms with E-state index in [1.54, 1.807) is 127 Å². The molecule has 1 N–H and O–H groups in total. The Kier molecular flexibility index (Phi) is 17.7. The van der Waals surface area contributed by atoms with Crippen LogP contribution in [0.4, 0.5) is 0 Å². The highest BCUT2D eigenvalue weighted by atomic mass is 16.8. The molecule has 79 heavy (non-hydrogen) atoms. The molecule has 0 aromatic heterocycles. The number of hydrogen-bond acceptors (Lipinski definition) is 18. The Hall–Kier alpha value is -9.33. The van der Waals surface area contributed by atoms with E-state index in [1.165, 1.54) is 84.9 Å². The maximum atomic E-state index is 14.5. The lowest BCUT2D eigenvalue weighted by molar-refractivity contribution is -0.381. The Morgan fingerprint density at radius 3 is 1.05 bits per heavy atom. The minimum Gasteiger partial charge on any atom is -0.459 e. The van der Waals surface area contributed by atoms with Crippen LogP contribution in [0.15, 0.2) is 212 Å². The van der Waals surface area contributed by atoms with E-state index in [4.69, 9.17) is 47.4 Å². The Balaban J connectivity index is 1.17. The third kappa shape index (κ3) is 13.4. The first-order valence-electron chi connectivity index (χ1n) is 24.9. The maximum absolute atomic E-state index is 14.5. The van der Waals surface area contributed by atoms with E-state index in [1.807, 2.05) is 0 Å². The van der Waals surface area contributed by atoms with E-state index in [-0.39, 0.29) is 38.9 Å². The van der Waals surface area contributed by atoms with E-state index < -0.39 is 116 Å². The highest BCUT2D eigenvalue weighted by molar-refractivity contribution is 5.93. The molecule has 0 amide bonds. The van der Waals surface area contributed by atoms with Crippen LogP contribution < -0.4 is 0 Å². The van der Waals surface area contributed by atoms with Crippen LogP contribution in [0, 0.1) is 0 Å². The van der Waals surface area contributed by atoms with Gasteiger partial charge in [-0.25, -0.2) is 33.6 Å². The highest BCUT2D eigenvalue weighted by Gasteiger charge is 2.65. The van der Waals surface area contributed by atoms with Gasteiger partial charge >= 0.3 is 41.8 Å². The second-order valence-corrected chi connectivity index (χ2v) is 17.9. The Bertz CT molecular complexity index is 3190. The molecule has 0 unspecified atom stereocenters. The molecule has 2 aliphatic heterocycles. The van der Waals surface area contributed by atoms with Crippen LogP contribution >= 0.6 is 0 Å². The maximum Gasteiger partial charge on any atom is 0.338 e. The first kappa shape index (κ1) is 54.5. The molecule has 2 saturated heterocycles. The number of carbonyl (C=O) groups is 7. The fraction of sp³-hybridized carbons (Fsp3) is 0.197. The third-order valence-electron chi connectivity index (χ3n) is 12.6. The van der Waals surface area contributed by atoms with E-state index in [0.717, 1.165) is 0 Å². The van der Waals surface area contributed by atoms with Gasteiger partial charge in [0.25, 0.3) is 0 Å². The summed E-state index contributed by atoms with van der Waals surface area (Å²) in [6, 6.07) is 54.1. The van der Waals surface area contributed by atoms with Gasteiger partial charge in [-0.1, -0.05) is 127 Å². The Morgan fingerprint density at radius 2 is 0.671 bits per heavy atom. The summed E-state index contributed by atoms with van der Waals surface area (Å²) in [6.45, 7) is -2.55. The predicted molar refractivity (Wildman–Crippen MR) is 276 cm³/mol. The van der Waals surface area contributed by atoms with Crippen molar-refractivity contribution in [3.63, 3.8) is 0 Å². The van der Waals surface area contributed by atoms with Gasteiger partial charge in [-0.15, -0.1) is 0 Å². The van der Waals surface area contributed by atoms with Crippen LogP contribution in [0.5, 0.6) is 0 Å². The standard InChI is InChI=1S/C61H50O18/c62-48-51(76-58(68)44-32-18-6-19-33-44)49(74-56(66)42-28-14-4-15-29-42)46(36-70-53(63)39-22-8-1-9-23-39)73-60(48)79-61(38-72-55(65)41-26-12-3-13-27-41)52(77-59(69)45-34-20-7-21-35-45)50(75-57(67)43-30-16-5-17-31-43)47(78-61)37-71-54(64)40-24-10-2-11-25-40/h1-35,46-52,60,62H,36-38H2/t46-,47-,48-,49-,50-,51-,52+,60-,61+/m1/s1. The fourth-order valence-electron chi connectivity index (χ4n) is 8.61. The molecule has 0 radical (unpaired) electrons. The van der Waals surface area contributed by atoms with Gasteiger partial charge in [0.1, 0.15) is 38.1 Å². The van der Waals surface area contributed by atoms with Gasteiger partial charge in [0.15, 0.2) is 30.7 Å². The number of esters is 7. The second-order valence-electron chi connectivity index (χ2n) is 17.9. The molecule has 18 nitrogen and oxygen atoms in total. The highest BCUT2D eigenvalue weighted by Crippen LogP contribution is 2.42. The van der Waals surface area contributed by atoms with Crippen LogP contribution in [0.25, 0.3) is 0 Å². The molecule has 0 spiro atoms. The molecular weight excluding hydrogens is 1020 g/mol. The van der Waals surface area contributed by atoms with E-state index in [2.05, 4.69) is 0 Å². The minimum absolute atomic E-state index is 0.00567. The summed E-state index contributed by atoms with van der Waals surface area (Å²) in [5.74, 6) is -9.43. The average molecular weight is 1070 g/mol. The zero-order chi connectivity index (χ0) is 55.1. The monoisotopic (exact) mass is 1070 g/mol. The molecule has 2 aliphatic rings. The third-order valence-corrected chi connectivity index (χ3v) is 12.6. The summed E-state index contributed by atoms with van der Waals surface area (Å²) < 4.78 is 61.9. The Morgan fingerprint density at radius 1 is 0.367 bits per heavy atom. The molecule has 9 atom stereocenters. The minimum atomic E-state index is -2.77. The molecule has 0 saturated carbocycles. The summed E-state index contributed by atoms with van der Waals surface area (Å²) in [5.41, 5.74) is 0.344. The van der Waals surface area contributed by atoms with Crippen molar-refractivity contribution in [1.29, 1.82) is 0 Å². The van der Waals surface area contributed by atoms with Crippen molar-refractivity contribution in [2.75, 3.05) is 19.8 Å². The number of hydrogen-bond donors (Lipinski definition) is 1. The molecule has 0 bridgehead atoms. The zero-order valence-corrected chi connectivity index (χ0v) is 41.8. The van der Waals surface area contributed by atoms with Gasteiger partial charge in [-0.05, 0) is 84.9 Å². The lowest BCUT2D eigenvalue weighted by Gasteiger charge is -2.45. The number of ether oxygens (including phenoxy) is 10. The fourth-order valence-corrected chi connectivity index (χ4v) is 8.61. The van der Waals surface area contributed by atoms with Crippen molar-refractivity contribution >= 4 is 41.8 Å². The predicted octanol–water partition coefficient (Wildman–Crippen LogP) is 7.66. The van der Waals surface area contributed by atoms with Crippen molar-refractivity contribution in [2.24, 2.45) is 0 Å². The molecule has 402 valence electrons. The molecule has 2 fully saturated rings. The number of aliphatic hydroxyl groups is 1. The zero-order valence-electron chi connectivity index (χ0n) is 41.8. The largest absolute Gasteiger partial charge is 0.459 e. The first-order valence-corrected chi connectivity index (χ1v) is 24.9. The summed E-state index contributed by atoms with van der Waals surface area (Å²) >= 11 is 0. The van der Waals surface area contributed by atoms with Crippen molar-refractivity contribution in [2.45, 2.75) is 54.8 Å². The van der Waals surface area contributed by atoms with E-state index in [0.29, 0.717) is 0 Å². The van der Waals surface area contributed by atoms with Gasteiger partial charge in [0, 0.05) is 0 Å².